The van der Waals surface area contributed by atoms with E-state index < -0.39 is 36.2 Å². The summed E-state index contributed by atoms with van der Waals surface area (Å²) in [6, 6.07) is 5.77. The van der Waals surface area contributed by atoms with Crippen LogP contribution in [0.5, 0.6) is 5.88 Å². The fourth-order valence-electron chi connectivity index (χ4n) is 2.16. The van der Waals surface area contributed by atoms with Crippen LogP contribution in [-0.2, 0) is 0 Å². The molecule has 30 heavy (non-hydrogen) atoms. The zero-order chi connectivity index (χ0) is 21.7. The number of hydrazine groups is 1. The maximum Gasteiger partial charge on any atom is 0.422 e. The summed E-state index contributed by atoms with van der Waals surface area (Å²) in [5.41, 5.74) is 5.39. The Balaban J connectivity index is 1.61. The van der Waals surface area contributed by atoms with Crippen molar-refractivity contribution in [2.24, 2.45) is 0 Å². The molecule has 0 unspecified atom stereocenters. The van der Waals surface area contributed by atoms with Gasteiger partial charge in [0.2, 0.25) is 0 Å². The molecule has 3 aromatic rings. The van der Waals surface area contributed by atoms with Gasteiger partial charge in [0.1, 0.15) is 5.82 Å². The lowest BCUT2D eigenvalue weighted by atomic mass is 10.2. The number of aromatic nitrogens is 3. The van der Waals surface area contributed by atoms with Crippen LogP contribution in [0.15, 0.2) is 48.9 Å². The number of anilines is 1. The van der Waals surface area contributed by atoms with Gasteiger partial charge in [0, 0.05) is 17.3 Å². The summed E-state index contributed by atoms with van der Waals surface area (Å²) >= 11 is 0. The number of alkyl halides is 3. The molecule has 0 saturated carbocycles. The molecular weight excluding hydrogens is 413 g/mol. The molecule has 0 radical (unpaired) electrons. The standard InChI is InChI=1S/C18H12F5N5O2/c19-12-3-1-10(2-4-12)16(29)28-27-15-8-24-14(7-25-15)11-5-13(20)17(26-6-11)30-9-18(21,22)23/h1-8H,9H2,(H,25,27)(H,28,29). The minimum Gasteiger partial charge on any atom is -0.466 e. The van der Waals surface area contributed by atoms with Gasteiger partial charge in [-0.15, -0.1) is 0 Å². The van der Waals surface area contributed by atoms with Crippen LogP contribution >= 0.6 is 0 Å². The van der Waals surface area contributed by atoms with E-state index in [0.29, 0.717) is 0 Å². The first kappa shape index (κ1) is 20.9. The highest BCUT2D eigenvalue weighted by Gasteiger charge is 2.29. The van der Waals surface area contributed by atoms with Crippen LogP contribution in [0.4, 0.5) is 27.8 Å². The fraction of sp³-hybridized carbons (Fsp3) is 0.111. The average Bonchev–Trinajstić information content (AvgIpc) is 2.71. The van der Waals surface area contributed by atoms with Crippen molar-refractivity contribution in [2.45, 2.75) is 6.18 Å². The number of nitrogens with zero attached hydrogens (tertiary/aromatic N) is 3. The van der Waals surface area contributed by atoms with Crippen molar-refractivity contribution < 1.29 is 31.5 Å². The summed E-state index contributed by atoms with van der Waals surface area (Å²) in [5.74, 6) is -2.75. The first-order valence-corrected chi connectivity index (χ1v) is 8.21. The van der Waals surface area contributed by atoms with Crippen molar-refractivity contribution >= 4 is 11.7 Å². The minimum absolute atomic E-state index is 0.146. The lowest BCUT2D eigenvalue weighted by Gasteiger charge is -2.10. The fourth-order valence-corrected chi connectivity index (χ4v) is 2.16. The topological polar surface area (TPSA) is 89.0 Å². The molecule has 0 atom stereocenters. The van der Waals surface area contributed by atoms with E-state index in [9.17, 15) is 26.7 Å². The zero-order valence-electron chi connectivity index (χ0n) is 14.9. The molecule has 0 fully saturated rings. The Labute approximate surface area is 165 Å². The van der Waals surface area contributed by atoms with Crippen LogP contribution in [0.25, 0.3) is 11.3 Å². The van der Waals surface area contributed by atoms with Crippen LogP contribution in [0, 0.1) is 11.6 Å². The zero-order valence-corrected chi connectivity index (χ0v) is 14.9. The largest absolute Gasteiger partial charge is 0.466 e. The number of benzene rings is 1. The third kappa shape index (κ3) is 5.59. The third-order valence-corrected chi connectivity index (χ3v) is 3.54. The molecule has 1 amide bonds. The second kappa shape index (κ2) is 8.68. The Morgan fingerprint density at radius 1 is 1.00 bits per heavy atom. The molecule has 2 heterocycles. The van der Waals surface area contributed by atoms with Gasteiger partial charge in [-0.1, -0.05) is 0 Å². The summed E-state index contributed by atoms with van der Waals surface area (Å²) < 4.78 is 67.5. The maximum absolute atomic E-state index is 13.9. The first-order valence-electron chi connectivity index (χ1n) is 8.21. The van der Waals surface area contributed by atoms with E-state index in [1.807, 2.05) is 0 Å². The van der Waals surface area contributed by atoms with E-state index in [-0.39, 0.29) is 22.6 Å². The molecule has 2 N–H and O–H groups in total. The number of pyridine rings is 1. The second-order valence-corrected chi connectivity index (χ2v) is 5.79. The molecule has 7 nitrogen and oxygen atoms in total. The Morgan fingerprint density at radius 2 is 1.73 bits per heavy atom. The van der Waals surface area contributed by atoms with E-state index >= 15 is 0 Å². The summed E-state index contributed by atoms with van der Waals surface area (Å²) in [6.07, 6.45) is -1.07. The smallest absolute Gasteiger partial charge is 0.422 e. The van der Waals surface area contributed by atoms with Gasteiger partial charge < -0.3 is 4.74 Å². The van der Waals surface area contributed by atoms with Gasteiger partial charge in [-0.05, 0) is 30.3 Å². The van der Waals surface area contributed by atoms with Gasteiger partial charge in [-0.25, -0.2) is 18.7 Å². The predicted molar refractivity (Wildman–Crippen MR) is 94.3 cm³/mol. The number of carbonyl (C=O) groups is 1. The van der Waals surface area contributed by atoms with Crippen molar-refractivity contribution in [3.05, 3.63) is 66.1 Å². The van der Waals surface area contributed by atoms with Crippen molar-refractivity contribution in [1.82, 2.24) is 20.4 Å². The number of hydrogen-bond acceptors (Lipinski definition) is 6. The van der Waals surface area contributed by atoms with Gasteiger partial charge in [0.25, 0.3) is 11.8 Å². The van der Waals surface area contributed by atoms with Crippen molar-refractivity contribution in [2.75, 3.05) is 12.0 Å². The SMILES string of the molecule is O=C(NNc1cnc(-c2cnc(OCC(F)(F)F)c(F)c2)cn1)c1ccc(F)cc1. The van der Waals surface area contributed by atoms with Crippen LogP contribution in [-0.4, -0.2) is 33.6 Å². The molecule has 1 aromatic carbocycles. The molecule has 0 saturated heterocycles. The van der Waals surface area contributed by atoms with Crippen molar-refractivity contribution in [3.63, 3.8) is 0 Å². The first-order chi connectivity index (χ1) is 14.2. The van der Waals surface area contributed by atoms with Crippen molar-refractivity contribution in [1.29, 1.82) is 0 Å². The van der Waals surface area contributed by atoms with E-state index in [2.05, 4.69) is 30.5 Å². The van der Waals surface area contributed by atoms with Gasteiger partial charge >= 0.3 is 6.18 Å². The van der Waals surface area contributed by atoms with Gasteiger partial charge in [-0.2, -0.15) is 13.2 Å². The molecule has 0 spiro atoms. The van der Waals surface area contributed by atoms with Crippen LogP contribution in [0.3, 0.4) is 0 Å². The average molecular weight is 425 g/mol. The highest BCUT2D eigenvalue weighted by molar-refractivity contribution is 5.94. The quantitative estimate of drug-likeness (QED) is 0.464. The molecule has 12 heteroatoms. The Bertz CT molecular complexity index is 1030. The van der Waals surface area contributed by atoms with E-state index in [1.54, 1.807) is 0 Å². The number of hydrogen-bond donors (Lipinski definition) is 2. The lowest BCUT2D eigenvalue weighted by Crippen LogP contribution is -2.29. The molecule has 0 aliphatic carbocycles. The molecule has 156 valence electrons. The van der Waals surface area contributed by atoms with Gasteiger partial charge in [0.15, 0.2) is 18.2 Å². The predicted octanol–water partition coefficient (Wildman–Crippen LogP) is 3.51. The number of rotatable bonds is 6. The molecular formula is C18H12F5N5O2. The summed E-state index contributed by atoms with van der Waals surface area (Å²) in [6.45, 7) is -1.67. The summed E-state index contributed by atoms with van der Waals surface area (Å²) in [4.78, 5) is 23.4. The van der Waals surface area contributed by atoms with E-state index in [4.69, 9.17) is 0 Å². The molecule has 0 aliphatic rings. The highest BCUT2D eigenvalue weighted by atomic mass is 19.4. The third-order valence-electron chi connectivity index (χ3n) is 3.54. The molecule has 2 aromatic heterocycles. The van der Waals surface area contributed by atoms with E-state index in [1.165, 1.54) is 24.5 Å². The molecule has 0 bridgehead atoms. The number of amides is 1. The molecule has 0 aliphatic heterocycles. The number of ether oxygens (including phenoxy) is 1. The Morgan fingerprint density at radius 3 is 2.33 bits per heavy atom. The van der Waals surface area contributed by atoms with Gasteiger partial charge in [-0.3, -0.25) is 20.6 Å². The van der Waals surface area contributed by atoms with E-state index in [0.717, 1.165) is 24.4 Å². The summed E-state index contributed by atoms with van der Waals surface area (Å²) in [7, 11) is 0. The normalized spacial score (nSPS) is 11.1. The van der Waals surface area contributed by atoms with Crippen LogP contribution in [0.1, 0.15) is 10.4 Å². The molecule has 3 rings (SSSR count). The Kier molecular flexibility index (Phi) is 6.04. The second-order valence-electron chi connectivity index (χ2n) is 5.79. The van der Waals surface area contributed by atoms with Gasteiger partial charge in [0.05, 0.1) is 18.1 Å². The van der Waals surface area contributed by atoms with Crippen LogP contribution < -0.4 is 15.6 Å². The van der Waals surface area contributed by atoms with Crippen LogP contribution in [0.2, 0.25) is 0 Å². The summed E-state index contributed by atoms with van der Waals surface area (Å²) in [5, 5.41) is 0. The lowest BCUT2D eigenvalue weighted by molar-refractivity contribution is -0.154. The highest BCUT2D eigenvalue weighted by Crippen LogP contribution is 2.23. The number of halogens is 5. The minimum atomic E-state index is -4.62. The monoisotopic (exact) mass is 425 g/mol. The number of nitrogens with one attached hydrogen (secondary N) is 2. The number of carbonyl (C=O) groups excluding carboxylic acids is 1. The van der Waals surface area contributed by atoms with Crippen molar-refractivity contribution in [3.8, 4) is 17.1 Å². The Hall–Kier alpha value is -3.83. The maximum atomic E-state index is 13.9.